The Bertz CT molecular complexity index is 116. The lowest BCUT2D eigenvalue weighted by molar-refractivity contribution is 0.0486. The summed E-state index contributed by atoms with van der Waals surface area (Å²) in [5.74, 6) is 0. The highest BCUT2D eigenvalue weighted by molar-refractivity contribution is 5.03. The van der Waals surface area contributed by atoms with Crippen LogP contribution >= 0.6 is 0 Å². The molecular formula is C8H14O. The van der Waals surface area contributed by atoms with E-state index in [2.05, 4.69) is 19.9 Å². The maximum Gasteiger partial charge on any atom is 0.0584 e. The fraction of sp³-hybridized carbons (Fsp3) is 0.750. The van der Waals surface area contributed by atoms with E-state index < -0.39 is 0 Å². The lowest BCUT2D eigenvalue weighted by atomic mass is 10.0. The second kappa shape index (κ2) is 3.02. The van der Waals surface area contributed by atoms with Crippen molar-refractivity contribution < 1.29 is 4.74 Å². The molecule has 1 heterocycles. The molecule has 1 aliphatic heterocycles. The Morgan fingerprint density at radius 2 is 2.44 bits per heavy atom. The summed E-state index contributed by atoms with van der Waals surface area (Å²) >= 11 is 0. The number of hydrogen-bond acceptors (Lipinski definition) is 1. The summed E-state index contributed by atoms with van der Waals surface area (Å²) in [4.78, 5) is 0. The summed E-state index contributed by atoms with van der Waals surface area (Å²) in [5, 5.41) is 0. The first-order valence-electron chi connectivity index (χ1n) is 3.58. The Labute approximate surface area is 56.7 Å². The molecule has 0 aliphatic carbocycles. The molecule has 1 aliphatic rings. The zero-order chi connectivity index (χ0) is 6.69. The molecule has 0 amide bonds. The van der Waals surface area contributed by atoms with Crippen molar-refractivity contribution in [2.24, 2.45) is 0 Å². The third kappa shape index (κ3) is 1.83. The molecule has 1 fully saturated rings. The Balaban J connectivity index is 2.41. The first kappa shape index (κ1) is 6.81. The molecule has 0 aromatic rings. The van der Waals surface area contributed by atoms with Crippen molar-refractivity contribution >= 4 is 0 Å². The standard InChI is InChI=1S/C8H14O/c1-3-8-4-5-9-7(2)6-8/h3,7H,4-6H2,1-2H3. The van der Waals surface area contributed by atoms with Gasteiger partial charge in [0, 0.05) is 0 Å². The van der Waals surface area contributed by atoms with E-state index in [-0.39, 0.29) is 0 Å². The highest BCUT2D eigenvalue weighted by Gasteiger charge is 2.10. The van der Waals surface area contributed by atoms with E-state index in [0.29, 0.717) is 6.10 Å². The predicted molar refractivity (Wildman–Crippen MR) is 38.4 cm³/mol. The minimum atomic E-state index is 0.449. The Kier molecular flexibility index (Phi) is 2.29. The Morgan fingerprint density at radius 3 is 2.89 bits per heavy atom. The summed E-state index contributed by atoms with van der Waals surface area (Å²) in [7, 11) is 0. The van der Waals surface area contributed by atoms with Gasteiger partial charge in [-0.1, -0.05) is 11.6 Å². The van der Waals surface area contributed by atoms with Crippen molar-refractivity contribution in [2.75, 3.05) is 6.61 Å². The fourth-order valence-electron chi connectivity index (χ4n) is 1.18. The van der Waals surface area contributed by atoms with Gasteiger partial charge in [-0.2, -0.15) is 0 Å². The minimum Gasteiger partial charge on any atom is -0.378 e. The van der Waals surface area contributed by atoms with Crippen molar-refractivity contribution in [3.63, 3.8) is 0 Å². The van der Waals surface area contributed by atoms with Gasteiger partial charge in [-0.25, -0.2) is 0 Å². The van der Waals surface area contributed by atoms with Crippen LogP contribution in [-0.4, -0.2) is 12.7 Å². The molecule has 52 valence electrons. The van der Waals surface area contributed by atoms with E-state index >= 15 is 0 Å². The lowest BCUT2D eigenvalue weighted by Gasteiger charge is -2.20. The average molecular weight is 126 g/mol. The predicted octanol–water partition coefficient (Wildman–Crippen LogP) is 2.13. The molecule has 0 aromatic carbocycles. The molecule has 1 atom stereocenters. The smallest absolute Gasteiger partial charge is 0.0584 e. The van der Waals surface area contributed by atoms with E-state index in [9.17, 15) is 0 Å². The van der Waals surface area contributed by atoms with Crippen LogP contribution in [-0.2, 0) is 4.74 Å². The van der Waals surface area contributed by atoms with E-state index in [0.717, 1.165) is 19.4 Å². The average Bonchev–Trinajstić information content (AvgIpc) is 1.88. The molecule has 0 bridgehead atoms. The molecule has 0 saturated carbocycles. The quantitative estimate of drug-likeness (QED) is 0.452. The molecule has 9 heavy (non-hydrogen) atoms. The second-order valence-electron chi connectivity index (χ2n) is 2.58. The molecule has 1 heteroatoms. The topological polar surface area (TPSA) is 9.23 Å². The van der Waals surface area contributed by atoms with E-state index in [4.69, 9.17) is 4.74 Å². The lowest BCUT2D eigenvalue weighted by Crippen LogP contribution is -2.16. The monoisotopic (exact) mass is 126 g/mol. The van der Waals surface area contributed by atoms with Crippen LogP contribution in [0.25, 0.3) is 0 Å². The summed E-state index contributed by atoms with van der Waals surface area (Å²) in [6.07, 6.45) is 4.93. The highest BCUT2D eigenvalue weighted by atomic mass is 16.5. The highest BCUT2D eigenvalue weighted by Crippen LogP contribution is 2.17. The van der Waals surface area contributed by atoms with Gasteiger partial charge in [0.15, 0.2) is 0 Å². The van der Waals surface area contributed by atoms with Gasteiger partial charge in [-0.3, -0.25) is 0 Å². The largest absolute Gasteiger partial charge is 0.378 e. The third-order valence-corrected chi connectivity index (χ3v) is 1.78. The SMILES string of the molecule is CC=C1CCOC(C)C1. The van der Waals surface area contributed by atoms with Gasteiger partial charge >= 0.3 is 0 Å². The molecule has 0 aromatic heterocycles. The summed E-state index contributed by atoms with van der Waals surface area (Å²) in [6.45, 7) is 5.15. The van der Waals surface area contributed by atoms with Gasteiger partial charge in [0.05, 0.1) is 12.7 Å². The van der Waals surface area contributed by atoms with Gasteiger partial charge < -0.3 is 4.74 Å². The Hall–Kier alpha value is -0.300. The first-order chi connectivity index (χ1) is 4.33. The zero-order valence-corrected chi connectivity index (χ0v) is 6.18. The summed E-state index contributed by atoms with van der Waals surface area (Å²) < 4.78 is 5.37. The van der Waals surface area contributed by atoms with Crippen LogP contribution in [0.1, 0.15) is 26.7 Å². The number of ether oxygens (including phenoxy) is 1. The van der Waals surface area contributed by atoms with Crippen LogP contribution in [0.2, 0.25) is 0 Å². The van der Waals surface area contributed by atoms with Crippen LogP contribution in [0.15, 0.2) is 11.6 Å². The maximum atomic E-state index is 5.37. The molecule has 1 rings (SSSR count). The van der Waals surface area contributed by atoms with E-state index in [1.807, 2.05) is 0 Å². The molecule has 0 spiro atoms. The van der Waals surface area contributed by atoms with E-state index in [1.54, 1.807) is 5.57 Å². The van der Waals surface area contributed by atoms with Crippen LogP contribution in [0.4, 0.5) is 0 Å². The van der Waals surface area contributed by atoms with Crippen molar-refractivity contribution in [1.29, 1.82) is 0 Å². The van der Waals surface area contributed by atoms with Crippen molar-refractivity contribution in [2.45, 2.75) is 32.8 Å². The Morgan fingerprint density at radius 1 is 1.67 bits per heavy atom. The van der Waals surface area contributed by atoms with Gasteiger partial charge in [-0.15, -0.1) is 0 Å². The summed E-state index contributed by atoms with van der Waals surface area (Å²) in [6, 6.07) is 0. The van der Waals surface area contributed by atoms with Gasteiger partial charge in [0.2, 0.25) is 0 Å². The van der Waals surface area contributed by atoms with Crippen molar-refractivity contribution in [1.82, 2.24) is 0 Å². The molecule has 1 saturated heterocycles. The van der Waals surface area contributed by atoms with Crippen LogP contribution in [0.5, 0.6) is 0 Å². The molecule has 0 radical (unpaired) electrons. The second-order valence-corrected chi connectivity index (χ2v) is 2.58. The van der Waals surface area contributed by atoms with Crippen LogP contribution in [0, 0.1) is 0 Å². The maximum absolute atomic E-state index is 5.37. The number of allylic oxidation sites excluding steroid dienone is 1. The van der Waals surface area contributed by atoms with Crippen molar-refractivity contribution in [3.05, 3.63) is 11.6 Å². The van der Waals surface area contributed by atoms with Gasteiger partial charge in [-0.05, 0) is 26.7 Å². The van der Waals surface area contributed by atoms with E-state index in [1.165, 1.54) is 0 Å². The minimum absolute atomic E-state index is 0.449. The van der Waals surface area contributed by atoms with Gasteiger partial charge in [0.1, 0.15) is 0 Å². The van der Waals surface area contributed by atoms with Crippen molar-refractivity contribution in [3.8, 4) is 0 Å². The first-order valence-corrected chi connectivity index (χ1v) is 3.58. The fourth-order valence-corrected chi connectivity index (χ4v) is 1.18. The number of hydrogen-bond donors (Lipinski definition) is 0. The number of rotatable bonds is 0. The third-order valence-electron chi connectivity index (χ3n) is 1.78. The molecule has 1 nitrogen and oxygen atoms in total. The molecule has 1 unspecified atom stereocenters. The molecule has 0 N–H and O–H groups in total. The normalized spacial score (nSPS) is 33.1. The zero-order valence-electron chi connectivity index (χ0n) is 6.18. The van der Waals surface area contributed by atoms with Crippen LogP contribution < -0.4 is 0 Å². The molecular weight excluding hydrogens is 112 g/mol. The summed E-state index contributed by atoms with van der Waals surface area (Å²) in [5.41, 5.74) is 1.55. The van der Waals surface area contributed by atoms with Gasteiger partial charge in [0.25, 0.3) is 0 Å². The van der Waals surface area contributed by atoms with Crippen LogP contribution in [0.3, 0.4) is 0 Å².